The Balaban J connectivity index is 2.37. The van der Waals surface area contributed by atoms with E-state index in [0.29, 0.717) is 0 Å². The molecule has 0 amide bonds. The molecular weight excluding hydrogens is 260 g/mol. The lowest BCUT2D eigenvalue weighted by Crippen LogP contribution is -2.31. The normalized spacial score (nSPS) is 14.2. The minimum absolute atomic E-state index is 0.160. The van der Waals surface area contributed by atoms with Crippen LogP contribution >= 0.6 is 0 Å². The van der Waals surface area contributed by atoms with Gasteiger partial charge in [-0.05, 0) is 25.5 Å². The van der Waals surface area contributed by atoms with E-state index in [-0.39, 0.29) is 18.2 Å². The SMILES string of the molecule is CCCCCCC(C)NCC(O)c1c(F)cccc1F. The molecule has 0 radical (unpaired) electrons. The Labute approximate surface area is 120 Å². The molecule has 20 heavy (non-hydrogen) atoms. The molecule has 2 atom stereocenters. The summed E-state index contributed by atoms with van der Waals surface area (Å²) < 4.78 is 27.0. The van der Waals surface area contributed by atoms with Gasteiger partial charge in [0.1, 0.15) is 11.6 Å². The molecule has 0 heterocycles. The standard InChI is InChI=1S/C16H25F2NO/c1-3-4-5-6-8-12(2)19-11-15(20)16-13(17)9-7-10-14(16)18/h7,9-10,12,15,19-20H,3-6,8,11H2,1-2H3. The van der Waals surface area contributed by atoms with E-state index in [9.17, 15) is 13.9 Å². The molecule has 0 saturated heterocycles. The lowest BCUT2D eigenvalue weighted by molar-refractivity contribution is 0.160. The van der Waals surface area contributed by atoms with Crippen molar-refractivity contribution in [1.82, 2.24) is 5.32 Å². The van der Waals surface area contributed by atoms with Crippen molar-refractivity contribution in [3.05, 3.63) is 35.4 Å². The van der Waals surface area contributed by atoms with Crippen molar-refractivity contribution in [2.45, 2.75) is 58.1 Å². The number of aliphatic hydroxyl groups is 1. The van der Waals surface area contributed by atoms with Gasteiger partial charge < -0.3 is 10.4 Å². The molecule has 0 fully saturated rings. The zero-order chi connectivity index (χ0) is 15.0. The average molecular weight is 285 g/mol. The van der Waals surface area contributed by atoms with E-state index < -0.39 is 17.7 Å². The monoisotopic (exact) mass is 285 g/mol. The van der Waals surface area contributed by atoms with Gasteiger partial charge in [-0.2, -0.15) is 0 Å². The molecule has 0 bridgehead atoms. The number of benzene rings is 1. The zero-order valence-electron chi connectivity index (χ0n) is 12.3. The van der Waals surface area contributed by atoms with Crippen LogP contribution in [0.2, 0.25) is 0 Å². The Morgan fingerprint density at radius 3 is 2.40 bits per heavy atom. The van der Waals surface area contributed by atoms with Crippen LogP contribution in [0.5, 0.6) is 0 Å². The third kappa shape index (κ3) is 5.55. The van der Waals surface area contributed by atoms with Crippen molar-refractivity contribution >= 4 is 0 Å². The maximum Gasteiger partial charge on any atom is 0.131 e. The third-order valence-electron chi connectivity index (χ3n) is 3.48. The largest absolute Gasteiger partial charge is 0.387 e. The third-order valence-corrected chi connectivity index (χ3v) is 3.48. The lowest BCUT2D eigenvalue weighted by Gasteiger charge is -2.18. The summed E-state index contributed by atoms with van der Waals surface area (Å²) in [7, 11) is 0. The fourth-order valence-electron chi connectivity index (χ4n) is 2.22. The first-order valence-corrected chi connectivity index (χ1v) is 7.41. The van der Waals surface area contributed by atoms with Gasteiger partial charge in [0, 0.05) is 12.6 Å². The first-order chi connectivity index (χ1) is 9.56. The molecule has 1 aromatic carbocycles. The van der Waals surface area contributed by atoms with Gasteiger partial charge in [-0.3, -0.25) is 0 Å². The van der Waals surface area contributed by atoms with Crippen molar-refractivity contribution in [3.63, 3.8) is 0 Å². The van der Waals surface area contributed by atoms with E-state index in [1.54, 1.807) is 0 Å². The summed E-state index contributed by atoms with van der Waals surface area (Å²) in [5, 5.41) is 13.0. The summed E-state index contributed by atoms with van der Waals surface area (Å²) in [6.07, 6.45) is 4.61. The lowest BCUT2D eigenvalue weighted by atomic mass is 10.1. The van der Waals surface area contributed by atoms with Crippen LogP contribution in [0.1, 0.15) is 57.6 Å². The maximum absolute atomic E-state index is 13.5. The van der Waals surface area contributed by atoms with Gasteiger partial charge in [0.05, 0.1) is 11.7 Å². The Hall–Kier alpha value is -1.00. The van der Waals surface area contributed by atoms with E-state index in [1.807, 2.05) is 6.92 Å². The van der Waals surface area contributed by atoms with Crippen LogP contribution in [0, 0.1) is 11.6 Å². The van der Waals surface area contributed by atoms with Crippen LogP contribution in [0.15, 0.2) is 18.2 Å². The molecule has 0 aliphatic carbocycles. The Morgan fingerprint density at radius 2 is 1.80 bits per heavy atom. The fourth-order valence-corrected chi connectivity index (χ4v) is 2.22. The van der Waals surface area contributed by atoms with Crippen LogP contribution < -0.4 is 5.32 Å². The molecule has 2 nitrogen and oxygen atoms in total. The van der Waals surface area contributed by atoms with Crippen molar-refractivity contribution in [2.75, 3.05) is 6.54 Å². The minimum atomic E-state index is -1.16. The quantitative estimate of drug-likeness (QED) is 0.673. The molecule has 0 saturated carbocycles. The van der Waals surface area contributed by atoms with E-state index >= 15 is 0 Å². The highest BCUT2D eigenvalue weighted by Gasteiger charge is 2.17. The molecule has 0 aliphatic heterocycles. The van der Waals surface area contributed by atoms with Gasteiger partial charge in [-0.15, -0.1) is 0 Å². The summed E-state index contributed by atoms with van der Waals surface area (Å²) in [4.78, 5) is 0. The molecule has 0 spiro atoms. The second kappa shape index (κ2) is 9.03. The van der Waals surface area contributed by atoms with E-state index in [1.165, 1.54) is 25.3 Å². The van der Waals surface area contributed by atoms with Gasteiger partial charge in [0.25, 0.3) is 0 Å². The minimum Gasteiger partial charge on any atom is -0.387 e. The predicted octanol–water partition coefficient (Wildman–Crippen LogP) is 3.95. The van der Waals surface area contributed by atoms with Crippen LogP contribution in [-0.4, -0.2) is 17.7 Å². The van der Waals surface area contributed by atoms with Crippen molar-refractivity contribution < 1.29 is 13.9 Å². The first-order valence-electron chi connectivity index (χ1n) is 7.41. The molecule has 0 aromatic heterocycles. The van der Waals surface area contributed by atoms with Gasteiger partial charge >= 0.3 is 0 Å². The van der Waals surface area contributed by atoms with Gasteiger partial charge in [0.2, 0.25) is 0 Å². The molecule has 1 rings (SSSR count). The highest BCUT2D eigenvalue weighted by atomic mass is 19.1. The van der Waals surface area contributed by atoms with Crippen molar-refractivity contribution in [3.8, 4) is 0 Å². The van der Waals surface area contributed by atoms with Crippen LogP contribution in [0.3, 0.4) is 0 Å². The Bertz CT molecular complexity index is 378. The smallest absolute Gasteiger partial charge is 0.131 e. The van der Waals surface area contributed by atoms with Crippen LogP contribution in [0.25, 0.3) is 0 Å². The molecule has 1 aromatic rings. The number of unbranched alkanes of at least 4 members (excludes halogenated alkanes) is 3. The Morgan fingerprint density at radius 1 is 1.15 bits per heavy atom. The fraction of sp³-hybridized carbons (Fsp3) is 0.625. The number of aliphatic hydroxyl groups excluding tert-OH is 1. The molecular formula is C16H25F2NO. The number of rotatable bonds is 9. The highest BCUT2D eigenvalue weighted by molar-refractivity contribution is 5.22. The second-order valence-corrected chi connectivity index (χ2v) is 5.31. The molecule has 114 valence electrons. The zero-order valence-corrected chi connectivity index (χ0v) is 12.3. The van der Waals surface area contributed by atoms with Crippen LogP contribution in [-0.2, 0) is 0 Å². The molecule has 0 aliphatic rings. The number of nitrogens with one attached hydrogen (secondary N) is 1. The van der Waals surface area contributed by atoms with Gasteiger partial charge in [0.15, 0.2) is 0 Å². The Kier molecular flexibility index (Phi) is 7.70. The van der Waals surface area contributed by atoms with Crippen LogP contribution in [0.4, 0.5) is 8.78 Å². The topological polar surface area (TPSA) is 32.3 Å². The first kappa shape index (κ1) is 17.1. The maximum atomic E-state index is 13.5. The van der Waals surface area contributed by atoms with Gasteiger partial charge in [-0.1, -0.05) is 38.7 Å². The second-order valence-electron chi connectivity index (χ2n) is 5.31. The summed E-state index contributed by atoms with van der Waals surface area (Å²) in [6.45, 7) is 4.35. The van der Waals surface area contributed by atoms with E-state index in [2.05, 4.69) is 12.2 Å². The van der Waals surface area contributed by atoms with E-state index in [4.69, 9.17) is 0 Å². The number of hydrogen-bond acceptors (Lipinski definition) is 2. The summed E-state index contributed by atoms with van der Waals surface area (Å²) >= 11 is 0. The summed E-state index contributed by atoms with van der Waals surface area (Å²) in [5.41, 5.74) is -0.252. The van der Waals surface area contributed by atoms with E-state index in [0.717, 1.165) is 25.0 Å². The van der Waals surface area contributed by atoms with Gasteiger partial charge in [-0.25, -0.2) is 8.78 Å². The number of halogens is 2. The predicted molar refractivity (Wildman–Crippen MR) is 77.5 cm³/mol. The summed E-state index contributed by atoms with van der Waals surface area (Å²) in [5.74, 6) is -1.40. The van der Waals surface area contributed by atoms with Crippen molar-refractivity contribution in [2.24, 2.45) is 0 Å². The summed E-state index contributed by atoms with van der Waals surface area (Å²) in [6, 6.07) is 3.85. The molecule has 4 heteroatoms. The average Bonchev–Trinajstić information content (AvgIpc) is 2.41. The highest BCUT2D eigenvalue weighted by Crippen LogP contribution is 2.20. The molecule has 2 unspecified atom stereocenters. The number of hydrogen-bond donors (Lipinski definition) is 2. The molecule has 2 N–H and O–H groups in total. The van der Waals surface area contributed by atoms with Crippen molar-refractivity contribution in [1.29, 1.82) is 0 Å².